The standard InChI is InChI=1S/C14H23N7S.HI/c1-4-12-20-19-10-21(12)8-7-17-14(15-3)16-6-5-13-18-9-11(2)22-13;/h9-10H,4-8H2,1-3H3,(H2,15,16,17);1H. The van der Waals surface area contributed by atoms with Crippen LogP contribution in [0, 0.1) is 6.92 Å². The molecule has 0 spiro atoms. The summed E-state index contributed by atoms with van der Waals surface area (Å²) in [5, 5.41) is 15.7. The molecule has 0 saturated heterocycles. The minimum Gasteiger partial charge on any atom is -0.356 e. The van der Waals surface area contributed by atoms with Gasteiger partial charge in [0.25, 0.3) is 0 Å². The van der Waals surface area contributed by atoms with Gasteiger partial charge < -0.3 is 15.2 Å². The molecule has 0 aromatic carbocycles. The Hall–Kier alpha value is -1.23. The number of hydrogen-bond acceptors (Lipinski definition) is 5. The first-order valence-corrected chi connectivity index (χ1v) is 8.27. The summed E-state index contributed by atoms with van der Waals surface area (Å²) in [5.74, 6) is 1.81. The number of rotatable bonds is 7. The van der Waals surface area contributed by atoms with Gasteiger partial charge in [0.2, 0.25) is 0 Å². The average molecular weight is 449 g/mol. The van der Waals surface area contributed by atoms with Crippen LogP contribution in [-0.2, 0) is 19.4 Å². The third-order valence-corrected chi connectivity index (χ3v) is 4.15. The van der Waals surface area contributed by atoms with Gasteiger partial charge in [0.15, 0.2) is 5.96 Å². The smallest absolute Gasteiger partial charge is 0.191 e. The van der Waals surface area contributed by atoms with Gasteiger partial charge in [0.05, 0.1) is 5.01 Å². The van der Waals surface area contributed by atoms with Crippen LogP contribution in [0.5, 0.6) is 0 Å². The molecule has 0 radical (unpaired) electrons. The molecule has 0 amide bonds. The molecule has 2 N–H and O–H groups in total. The second-order valence-electron chi connectivity index (χ2n) is 4.83. The van der Waals surface area contributed by atoms with Crippen molar-refractivity contribution in [2.24, 2.45) is 4.99 Å². The summed E-state index contributed by atoms with van der Waals surface area (Å²) >= 11 is 1.74. The predicted molar refractivity (Wildman–Crippen MR) is 105 cm³/mol. The maximum absolute atomic E-state index is 4.35. The highest BCUT2D eigenvalue weighted by Crippen LogP contribution is 2.10. The highest BCUT2D eigenvalue weighted by molar-refractivity contribution is 14.0. The Morgan fingerprint density at radius 3 is 2.78 bits per heavy atom. The zero-order valence-corrected chi connectivity index (χ0v) is 16.9. The van der Waals surface area contributed by atoms with E-state index in [0.29, 0.717) is 0 Å². The molecule has 0 saturated carbocycles. The van der Waals surface area contributed by atoms with Crippen LogP contribution in [0.3, 0.4) is 0 Å². The summed E-state index contributed by atoms with van der Waals surface area (Å²) < 4.78 is 2.05. The van der Waals surface area contributed by atoms with Gasteiger partial charge in [0, 0.05) is 50.6 Å². The molecule has 0 fully saturated rings. The van der Waals surface area contributed by atoms with Gasteiger partial charge in [0.1, 0.15) is 12.2 Å². The summed E-state index contributed by atoms with van der Waals surface area (Å²) in [6, 6.07) is 0. The SMILES string of the molecule is CCc1nncn1CCNC(=NC)NCCc1ncc(C)s1.I. The predicted octanol–water partition coefficient (Wildman–Crippen LogP) is 1.63. The van der Waals surface area contributed by atoms with Crippen LogP contribution in [0.4, 0.5) is 0 Å². The van der Waals surface area contributed by atoms with Gasteiger partial charge in [-0.3, -0.25) is 4.99 Å². The number of aromatic nitrogens is 4. The zero-order chi connectivity index (χ0) is 15.8. The second kappa shape index (κ2) is 10.5. The van der Waals surface area contributed by atoms with E-state index < -0.39 is 0 Å². The Labute approximate surface area is 158 Å². The Morgan fingerprint density at radius 2 is 2.13 bits per heavy atom. The van der Waals surface area contributed by atoms with Gasteiger partial charge >= 0.3 is 0 Å². The van der Waals surface area contributed by atoms with Gasteiger partial charge in [-0.1, -0.05) is 6.92 Å². The van der Waals surface area contributed by atoms with Crippen molar-refractivity contribution in [1.29, 1.82) is 0 Å². The van der Waals surface area contributed by atoms with Crippen LogP contribution in [0.1, 0.15) is 22.6 Å². The van der Waals surface area contributed by atoms with Gasteiger partial charge in [-0.2, -0.15) is 0 Å². The Balaban J connectivity index is 0.00000264. The van der Waals surface area contributed by atoms with E-state index in [9.17, 15) is 0 Å². The molecule has 0 aliphatic heterocycles. The summed E-state index contributed by atoms with van der Waals surface area (Å²) in [6.07, 6.45) is 5.48. The van der Waals surface area contributed by atoms with E-state index in [2.05, 4.69) is 49.2 Å². The third-order valence-electron chi connectivity index (χ3n) is 3.18. The molecule has 0 bridgehead atoms. The minimum atomic E-state index is 0. The number of aryl methyl sites for hydroxylation is 2. The summed E-state index contributed by atoms with van der Waals surface area (Å²) in [4.78, 5) is 9.83. The van der Waals surface area contributed by atoms with Crippen molar-refractivity contribution < 1.29 is 0 Å². The van der Waals surface area contributed by atoms with E-state index in [1.165, 1.54) is 4.88 Å². The van der Waals surface area contributed by atoms with Crippen LogP contribution in [0.2, 0.25) is 0 Å². The molecule has 7 nitrogen and oxygen atoms in total. The lowest BCUT2D eigenvalue weighted by molar-refractivity contribution is 0.632. The molecule has 0 aliphatic rings. The zero-order valence-electron chi connectivity index (χ0n) is 13.7. The van der Waals surface area contributed by atoms with E-state index >= 15 is 0 Å². The number of nitrogens with one attached hydrogen (secondary N) is 2. The van der Waals surface area contributed by atoms with E-state index in [4.69, 9.17) is 0 Å². The molecule has 2 heterocycles. The Bertz CT molecular complexity index is 608. The molecule has 0 atom stereocenters. The highest BCUT2D eigenvalue weighted by Gasteiger charge is 2.03. The van der Waals surface area contributed by atoms with E-state index in [-0.39, 0.29) is 24.0 Å². The van der Waals surface area contributed by atoms with Gasteiger partial charge in [-0.15, -0.1) is 45.5 Å². The van der Waals surface area contributed by atoms with Gasteiger partial charge in [-0.25, -0.2) is 4.98 Å². The average Bonchev–Trinajstić information content (AvgIpc) is 3.14. The van der Waals surface area contributed by atoms with Crippen LogP contribution in [-0.4, -0.2) is 45.8 Å². The number of guanidine groups is 1. The monoisotopic (exact) mass is 449 g/mol. The van der Waals surface area contributed by atoms with Crippen molar-refractivity contribution in [2.75, 3.05) is 20.1 Å². The van der Waals surface area contributed by atoms with Crippen molar-refractivity contribution in [3.63, 3.8) is 0 Å². The van der Waals surface area contributed by atoms with E-state index in [1.807, 2.05) is 6.20 Å². The molecule has 2 aromatic heterocycles. The fraction of sp³-hybridized carbons (Fsp3) is 0.571. The number of thiazole rings is 1. The highest BCUT2D eigenvalue weighted by atomic mass is 127. The summed E-state index contributed by atoms with van der Waals surface area (Å²) in [5.41, 5.74) is 0. The lowest BCUT2D eigenvalue weighted by Gasteiger charge is -2.12. The molecule has 128 valence electrons. The molecule has 0 unspecified atom stereocenters. The van der Waals surface area contributed by atoms with Gasteiger partial charge in [-0.05, 0) is 6.92 Å². The third kappa shape index (κ3) is 6.42. The van der Waals surface area contributed by atoms with Crippen molar-refractivity contribution in [3.05, 3.63) is 28.2 Å². The second-order valence-corrected chi connectivity index (χ2v) is 6.15. The fourth-order valence-electron chi connectivity index (χ4n) is 2.06. The van der Waals surface area contributed by atoms with Crippen molar-refractivity contribution in [2.45, 2.75) is 33.2 Å². The van der Waals surface area contributed by atoms with Crippen LogP contribution >= 0.6 is 35.3 Å². The fourth-order valence-corrected chi connectivity index (χ4v) is 2.85. The van der Waals surface area contributed by atoms with Crippen molar-refractivity contribution in [1.82, 2.24) is 30.4 Å². The van der Waals surface area contributed by atoms with Crippen molar-refractivity contribution >= 4 is 41.3 Å². The molecule has 9 heteroatoms. The number of aliphatic imine (C=N–C) groups is 1. The van der Waals surface area contributed by atoms with Crippen LogP contribution in [0.15, 0.2) is 17.5 Å². The maximum Gasteiger partial charge on any atom is 0.191 e. The summed E-state index contributed by atoms with van der Waals surface area (Å²) in [7, 11) is 1.78. The molecule has 2 aromatic rings. The number of nitrogens with zero attached hydrogens (tertiary/aromatic N) is 5. The topological polar surface area (TPSA) is 80.0 Å². The first-order chi connectivity index (χ1) is 10.7. The quantitative estimate of drug-likeness (QED) is 0.382. The molecule has 0 aliphatic carbocycles. The molecular weight excluding hydrogens is 425 g/mol. The van der Waals surface area contributed by atoms with Crippen molar-refractivity contribution in [3.8, 4) is 0 Å². The summed E-state index contributed by atoms with van der Waals surface area (Å²) in [6.45, 7) is 6.57. The Kier molecular flexibility index (Phi) is 9.07. The van der Waals surface area contributed by atoms with E-state index in [0.717, 1.165) is 49.3 Å². The van der Waals surface area contributed by atoms with E-state index in [1.54, 1.807) is 24.7 Å². The largest absolute Gasteiger partial charge is 0.356 e. The first-order valence-electron chi connectivity index (χ1n) is 7.45. The van der Waals surface area contributed by atoms with Crippen LogP contribution < -0.4 is 10.6 Å². The first kappa shape index (κ1) is 19.8. The lowest BCUT2D eigenvalue weighted by Crippen LogP contribution is -2.39. The molecule has 2 rings (SSSR count). The Morgan fingerprint density at radius 1 is 1.35 bits per heavy atom. The van der Waals surface area contributed by atoms with Crippen LogP contribution in [0.25, 0.3) is 0 Å². The number of hydrogen-bond donors (Lipinski definition) is 2. The lowest BCUT2D eigenvalue weighted by atomic mass is 10.4. The normalized spacial score (nSPS) is 11.2. The molecular formula is C14H24IN7S. The maximum atomic E-state index is 4.35. The molecule has 23 heavy (non-hydrogen) atoms. The minimum absolute atomic E-state index is 0. The number of halogens is 1.